The van der Waals surface area contributed by atoms with Gasteiger partial charge < -0.3 is 4.74 Å². The van der Waals surface area contributed by atoms with Crippen LogP contribution < -0.4 is 0 Å². The number of ether oxygens (including phenoxy) is 1. The maximum atomic E-state index is 13.3. The molecular weight excluding hydrogens is 294 g/mol. The third-order valence-corrected chi connectivity index (χ3v) is 2.38. The van der Waals surface area contributed by atoms with Gasteiger partial charge in [-0.2, -0.15) is 0 Å². The van der Waals surface area contributed by atoms with E-state index in [1.165, 1.54) is 0 Å². The molecule has 0 aliphatic heterocycles. The molecule has 2 nitrogen and oxygen atoms in total. The van der Waals surface area contributed by atoms with Crippen molar-refractivity contribution in [1.82, 2.24) is 0 Å². The van der Waals surface area contributed by atoms with E-state index >= 15 is 0 Å². The Hall–Kier alpha value is -1.41. The number of benzene rings is 1. The van der Waals surface area contributed by atoms with E-state index < -0.39 is 17.6 Å². The van der Waals surface area contributed by atoms with Gasteiger partial charge in [-0.3, -0.25) is 4.79 Å². The highest BCUT2D eigenvalue weighted by atomic mass is 79.9. The summed E-state index contributed by atoms with van der Waals surface area (Å²) in [6.45, 7) is 1.96. The molecule has 0 N–H and O–H groups in total. The van der Waals surface area contributed by atoms with Crippen molar-refractivity contribution in [3.63, 3.8) is 0 Å². The van der Waals surface area contributed by atoms with Crippen LogP contribution in [0.2, 0.25) is 0 Å². The maximum absolute atomic E-state index is 13.3. The highest BCUT2D eigenvalue weighted by Gasteiger charge is 2.07. The summed E-state index contributed by atoms with van der Waals surface area (Å²) in [4.78, 5) is 11.0. The molecule has 0 aliphatic carbocycles. The predicted molar refractivity (Wildman–Crippen MR) is 62.2 cm³/mol. The van der Waals surface area contributed by atoms with Gasteiger partial charge in [-0.05, 0) is 28.9 Å². The zero-order valence-electron chi connectivity index (χ0n) is 9.02. The Balaban J connectivity index is 2.82. The lowest BCUT2D eigenvalue weighted by Crippen LogP contribution is -2.01. The second-order valence-corrected chi connectivity index (χ2v) is 3.88. The van der Waals surface area contributed by atoms with Gasteiger partial charge >= 0.3 is 5.97 Å². The van der Waals surface area contributed by atoms with Crippen LogP contribution in [0.25, 0.3) is 0 Å². The maximum Gasteiger partial charge on any atom is 0.317 e. The predicted octanol–water partition coefficient (Wildman–Crippen LogP) is 3.03. The van der Waals surface area contributed by atoms with E-state index in [0.29, 0.717) is 0 Å². The monoisotopic (exact) mass is 302 g/mol. The standard InChI is InChI=1S/C12H9BrF2O2/c1-2-17-12(16)5-3-4-9-10(13)6-8(14)7-11(9)15/h6-7H,2,5H2,1H3. The second-order valence-electron chi connectivity index (χ2n) is 3.03. The van der Waals surface area contributed by atoms with Gasteiger partial charge in [-0.1, -0.05) is 11.8 Å². The molecule has 0 aromatic heterocycles. The Morgan fingerprint density at radius 3 is 2.76 bits per heavy atom. The minimum absolute atomic E-state index is 0.0238. The number of hydrogen-bond donors (Lipinski definition) is 0. The molecular formula is C12H9BrF2O2. The Kier molecular flexibility index (Phi) is 5.11. The molecule has 90 valence electrons. The number of rotatable bonds is 2. The number of esters is 1. The third-order valence-electron chi connectivity index (χ3n) is 1.76. The number of carbonyl (C=O) groups excluding carboxylic acids is 1. The first-order valence-electron chi connectivity index (χ1n) is 4.83. The van der Waals surface area contributed by atoms with Crippen molar-refractivity contribution in [2.24, 2.45) is 0 Å². The average molecular weight is 303 g/mol. The lowest BCUT2D eigenvalue weighted by atomic mass is 10.2. The molecule has 0 radical (unpaired) electrons. The van der Waals surface area contributed by atoms with Gasteiger partial charge in [-0.25, -0.2) is 8.78 Å². The molecule has 1 aromatic rings. The fourth-order valence-corrected chi connectivity index (χ4v) is 1.59. The first-order chi connectivity index (χ1) is 8.04. The van der Waals surface area contributed by atoms with Crippen LogP contribution in [0.4, 0.5) is 8.78 Å². The van der Waals surface area contributed by atoms with Crippen molar-refractivity contribution in [3.8, 4) is 11.8 Å². The molecule has 0 heterocycles. The second kappa shape index (κ2) is 6.36. The Morgan fingerprint density at radius 2 is 2.18 bits per heavy atom. The summed E-state index contributed by atoms with van der Waals surface area (Å²) in [5.74, 6) is 3.00. The largest absolute Gasteiger partial charge is 0.465 e. The van der Waals surface area contributed by atoms with Gasteiger partial charge in [0, 0.05) is 10.5 Å². The van der Waals surface area contributed by atoms with E-state index in [1.54, 1.807) is 6.92 Å². The van der Waals surface area contributed by atoms with Crippen LogP contribution >= 0.6 is 15.9 Å². The Labute approximate surface area is 106 Å². The summed E-state index contributed by atoms with van der Waals surface area (Å²) in [6.07, 6.45) is -0.128. The molecule has 0 saturated heterocycles. The van der Waals surface area contributed by atoms with Gasteiger partial charge in [0.25, 0.3) is 0 Å². The molecule has 0 unspecified atom stereocenters. The van der Waals surface area contributed by atoms with Gasteiger partial charge in [-0.15, -0.1) is 0 Å². The third kappa shape index (κ3) is 4.16. The Morgan fingerprint density at radius 1 is 1.47 bits per heavy atom. The van der Waals surface area contributed by atoms with E-state index in [0.717, 1.165) is 12.1 Å². The quantitative estimate of drug-likeness (QED) is 0.620. The van der Waals surface area contributed by atoms with Gasteiger partial charge in [0.1, 0.15) is 18.1 Å². The van der Waals surface area contributed by atoms with Crippen LogP contribution in [0.15, 0.2) is 16.6 Å². The molecule has 0 amide bonds. The molecule has 1 rings (SSSR count). The van der Waals surface area contributed by atoms with Crippen molar-refractivity contribution in [2.45, 2.75) is 13.3 Å². The van der Waals surface area contributed by atoms with Crippen LogP contribution in [0.5, 0.6) is 0 Å². The number of hydrogen-bond acceptors (Lipinski definition) is 2. The normalized spacial score (nSPS) is 9.41. The van der Waals surface area contributed by atoms with Crippen LogP contribution in [-0.2, 0) is 9.53 Å². The molecule has 0 spiro atoms. The fraction of sp³-hybridized carbons (Fsp3) is 0.250. The highest BCUT2D eigenvalue weighted by Crippen LogP contribution is 2.20. The summed E-state index contributed by atoms with van der Waals surface area (Å²) in [5, 5.41) is 0. The average Bonchev–Trinajstić information content (AvgIpc) is 2.22. The van der Waals surface area contributed by atoms with Crippen LogP contribution in [0.1, 0.15) is 18.9 Å². The smallest absolute Gasteiger partial charge is 0.317 e. The summed E-state index contributed by atoms with van der Waals surface area (Å²) in [5.41, 5.74) is 0.0238. The fourth-order valence-electron chi connectivity index (χ4n) is 1.08. The van der Waals surface area contributed by atoms with Crippen molar-refractivity contribution in [3.05, 3.63) is 33.8 Å². The van der Waals surface area contributed by atoms with Crippen molar-refractivity contribution in [1.29, 1.82) is 0 Å². The minimum atomic E-state index is -0.770. The van der Waals surface area contributed by atoms with Crippen molar-refractivity contribution >= 4 is 21.9 Å². The molecule has 5 heteroatoms. The molecule has 0 aliphatic rings. The summed E-state index contributed by atoms with van der Waals surface area (Å²) < 4.78 is 30.9. The van der Waals surface area contributed by atoms with Crippen molar-refractivity contribution < 1.29 is 18.3 Å². The van der Waals surface area contributed by atoms with E-state index in [-0.39, 0.29) is 23.1 Å². The zero-order chi connectivity index (χ0) is 12.8. The molecule has 17 heavy (non-hydrogen) atoms. The molecule has 0 atom stereocenters. The van der Waals surface area contributed by atoms with Crippen molar-refractivity contribution in [2.75, 3.05) is 6.61 Å². The first kappa shape index (κ1) is 13.7. The van der Waals surface area contributed by atoms with E-state index in [9.17, 15) is 13.6 Å². The summed E-state index contributed by atoms with van der Waals surface area (Å²) in [7, 11) is 0. The molecule has 0 bridgehead atoms. The van der Waals surface area contributed by atoms with Crippen LogP contribution in [-0.4, -0.2) is 12.6 Å². The van der Waals surface area contributed by atoms with Crippen LogP contribution in [0.3, 0.4) is 0 Å². The highest BCUT2D eigenvalue weighted by molar-refractivity contribution is 9.10. The summed E-state index contributed by atoms with van der Waals surface area (Å²) >= 11 is 3.00. The molecule has 0 fully saturated rings. The SMILES string of the molecule is CCOC(=O)CC#Cc1c(F)cc(F)cc1Br. The first-order valence-corrected chi connectivity index (χ1v) is 5.63. The minimum Gasteiger partial charge on any atom is -0.465 e. The molecule has 1 aromatic carbocycles. The topological polar surface area (TPSA) is 26.3 Å². The lowest BCUT2D eigenvalue weighted by molar-refractivity contribution is -0.141. The summed E-state index contributed by atoms with van der Waals surface area (Å²) in [6, 6.07) is 1.84. The van der Waals surface area contributed by atoms with Crippen LogP contribution in [0, 0.1) is 23.5 Å². The Bertz CT molecular complexity index is 466. The number of halogens is 3. The lowest BCUT2D eigenvalue weighted by Gasteiger charge is -1.99. The van der Waals surface area contributed by atoms with E-state index in [2.05, 4.69) is 32.5 Å². The van der Waals surface area contributed by atoms with E-state index in [4.69, 9.17) is 0 Å². The van der Waals surface area contributed by atoms with Gasteiger partial charge in [0.05, 0.1) is 12.2 Å². The molecule has 0 saturated carbocycles. The van der Waals surface area contributed by atoms with Gasteiger partial charge in [0.2, 0.25) is 0 Å². The number of carbonyl (C=O) groups is 1. The zero-order valence-corrected chi connectivity index (χ0v) is 10.6. The van der Waals surface area contributed by atoms with E-state index in [1.807, 2.05) is 0 Å². The van der Waals surface area contributed by atoms with Gasteiger partial charge in [0.15, 0.2) is 0 Å².